The number of hydrogen-bond donors (Lipinski definition) is 0. The Morgan fingerprint density at radius 3 is 2.85 bits per heavy atom. The summed E-state index contributed by atoms with van der Waals surface area (Å²) in [7, 11) is 0. The number of ether oxygens (including phenoxy) is 1. The molecule has 20 heavy (non-hydrogen) atoms. The SMILES string of the molecule is CCCCOC(=O)C1=Nc2cc(Cl)cc(Cl)c2C(=O)C1. The topological polar surface area (TPSA) is 55.7 Å². The van der Waals surface area contributed by atoms with Gasteiger partial charge in [0.05, 0.1) is 29.3 Å². The molecule has 0 amide bonds. The summed E-state index contributed by atoms with van der Waals surface area (Å²) in [5.74, 6) is -0.812. The summed E-state index contributed by atoms with van der Waals surface area (Å²) >= 11 is 11.9. The van der Waals surface area contributed by atoms with Crippen LogP contribution in [0.2, 0.25) is 10.0 Å². The second-order valence-electron chi connectivity index (χ2n) is 4.43. The third-order valence-electron chi connectivity index (χ3n) is 2.86. The number of hydrogen-bond acceptors (Lipinski definition) is 4. The van der Waals surface area contributed by atoms with E-state index in [0.717, 1.165) is 12.8 Å². The fraction of sp³-hybridized carbons (Fsp3) is 0.357. The molecule has 0 N–H and O–H groups in total. The monoisotopic (exact) mass is 313 g/mol. The molecule has 2 rings (SSSR count). The van der Waals surface area contributed by atoms with Crippen molar-refractivity contribution in [1.29, 1.82) is 0 Å². The summed E-state index contributed by atoms with van der Waals surface area (Å²) in [6.07, 6.45) is 1.60. The lowest BCUT2D eigenvalue weighted by molar-refractivity contribution is -0.135. The van der Waals surface area contributed by atoms with Crippen molar-refractivity contribution in [3.05, 3.63) is 27.7 Å². The number of ketones is 1. The Hall–Kier alpha value is -1.39. The first-order chi connectivity index (χ1) is 9.52. The Kier molecular flexibility index (Phi) is 4.78. The number of carbonyl (C=O) groups excluding carboxylic acids is 2. The molecular formula is C14H13Cl2NO3. The lowest BCUT2D eigenvalue weighted by Crippen LogP contribution is -2.24. The minimum Gasteiger partial charge on any atom is -0.461 e. The van der Waals surface area contributed by atoms with Crippen LogP contribution in [0.4, 0.5) is 5.69 Å². The molecule has 1 aliphatic rings. The van der Waals surface area contributed by atoms with Gasteiger partial charge in [-0.2, -0.15) is 0 Å². The fourth-order valence-corrected chi connectivity index (χ4v) is 2.45. The summed E-state index contributed by atoms with van der Waals surface area (Å²) in [6, 6.07) is 3.00. The number of fused-ring (bicyclic) bond motifs is 1. The number of esters is 1. The molecule has 0 saturated carbocycles. The Bertz CT molecular complexity index is 596. The van der Waals surface area contributed by atoms with Gasteiger partial charge < -0.3 is 4.74 Å². The largest absolute Gasteiger partial charge is 0.461 e. The number of carbonyl (C=O) groups is 2. The highest BCUT2D eigenvalue weighted by molar-refractivity contribution is 6.45. The summed E-state index contributed by atoms with van der Waals surface area (Å²) in [5.41, 5.74) is 0.722. The van der Waals surface area contributed by atoms with E-state index in [-0.39, 0.29) is 22.9 Å². The average molecular weight is 314 g/mol. The van der Waals surface area contributed by atoms with E-state index in [9.17, 15) is 9.59 Å². The maximum absolute atomic E-state index is 12.0. The molecule has 1 aromatic rings. The molecule has 6 heteroatoms. The van der Waals surface area contributed by atoms with Crippen molar-refractivity contribution in [1.82, 2.24) is 0 Å². The number of Topliss-reactive ketones (excluding diaryl/α,β-unsaturated/α-hetero) is 1. The van der Waals surface area contributed by atoms with Crippen LogP contribution in [0.15, 0.2) is 17.1 Å². The summed E-state index contributed by atoms with van der Waals surface area (Å²) in [5, 5.41) is 0.616. The average Bonchev–Trinajstić information content (AvgIpc) is 2.37. The van der Waals surface area contributed by atoms with Crippen LogP contribution in [0.1, 0.15) is 36.5 Å². The molecule has 0 saturated heterocycles. The van der Waals surface area contributed by atoms with Crippen LogP contribution < -0.4 is 0 Å². The van der Waals surface area contributed by atoms with E-state index in [4.69, 9.17) is 27.9 Å². The van der Waals surface area contributed by atoms with Gasteiger partial charge in [-0.15, -0.1) is 0 Å². The number of aliphatic imine (C=N–C) groups is 1. The molecule has 0 fully saturated rings. The first kappa shape index (κ1) is 15.0. The standard InChI is InChI=1S/C14H13Cl2NO3/c1-2-3-4-20-14(19)11-7-12(18)13-9(16)5-8(15)6-10(13)17-11/h5-6H,2-4,7H2,1H3. The molecule has 0 unspecified atom stereocenters. The quantitative estimate of drug-likeness (QED) is 0.623. The van der Waals surface area contributed by atoms with E-state index in [2.05, 4.69) is 4.99 Å². The first-order valence-corrected chi connectivity index (χ1v) is 7.05. The van der Waals surface area contributed by atoms with E-state index >= 15 is 0 Å². The highest BCUT2D eigenvalue weighted by Crippen LogP contribution is 2.35. The van der Waals surface area contributed by atoms with Crippen molar-refractivity contribution in [2.75, 3.05) is 6.61 Å². The zero-order valence-electron chi connectivity index (χ0n) is 10.9. The molecular weight excluding hydrogens is 301 g/mol. The van der Waals surface area contributed by atoms with Crippen molar-refractivity contribution in [2.45, 2.75) is 26.2 Å². The van der Waals surface area contributed by atoms with Crippen molar-refractivity contribution < 1.29 is 14.3 Å². The van der Waals surface area contributed by atoms with Crippen LogP contribution >= 0.6 is 23.2 Å². The summed E-state index contributed by atoms with van der Waals surface area (Å²) in [6.45, 7) is 2.32. The van der Waals surface area contributed by atoms with Gasteiger partial charge in [-0.3, -0.25) is 4.79 Å². The molecule has 106 valence electrons. The predicted octanol–water partition coefficient (Wildman–Crippen LogP) is 4.00. The summed E-state index contributed by atoms with van der Waals surface area (Å²) < 4.78 is 5.06. The Balaban J connectivity index is 2.27. The van der Waals surface area contributed by atoms with Gasteiger partial charge in [-0.05, 0) is 18.6 Å². The van der Waals surface area contributed by atoms with E-state index in [1.807, 2.05) is 6.92 Å². The zero-order chi connectivity index (χ0) is 14.7. The molecule has 1 aliphatic heterocycles. The van der Waals surface area contributed by atoms with Gasteiger partial charge in [-0.1, -0.05) is 36.5 Å². The highest BCUT2D eigenvalue weighted by atomic mass is 35.5. The van der Waals surface area contributed by atoms with Crippen molar-refractivity contribution >= 4 is 46.4 Å². The molecule has 0 aromatic heterocycles. The number of rotatable bonds is 4. The van der Waals surface area contributed by atoms with Crippen LogP contribution in [0.5, 0.6) is 0 Å². The van der Waals surface area contributed by atoms with Gasteiger partial charge in [0, 0.05) is 5.02 Å². The van der Waals surface area contributed by atoms with Crippen LogP contribution in [0, 0.1) is 0 Å². The van der Waals surface area contributed by atoms with Crippen molar-refractivity contribution in [3.63, 3.8) is 0 Å². The minimum atomic E-state index is -0.562. The fourth-order valence-electron chi connectivity index (χ4n) is 1.86. The Morgan fingerprint density at radius 2 is 2.15 bits per heavy atom. The van der Waals surface area contributed by atoms with Crippen LogP contribution in [-0.4, -0.2) is 24.1 Å². The first-order valence-electron chi connectivity index (χ1n) is 6.30. The number of unbranched alkanes of at least 4 members (excludes halogenated alkanes) is 1. The lowest BCUT2D eigenvalue weighted by Gasteiger charge is -2.15. The molecule has 0 spiro atoms. The lowest BCUT2D eigenvalue weighted by atomic mass is 10.00. The van der Waals surface area contributed by atoms with E-state index in [0.29, 0.717) is 22.9 Å². The van der Waals surface area contributed by atoms with Gasteiger partial charge in [0.1, 0.15) is 5.71 Å². The normalized spacial score (nSPS) is 13.8. The number of halogens is 2. The second kappa shape index (κ2) is 6.37. The smallest absolute Gasteiger partial charge is 0.353 e. The van der Waals surface area contributed by atoms with Crippen molar-refractivity contribution in [3.8, 4) is 0 Å². The molecule has 1 aromatic carbocycles. The highest BCUT2D eigenvalue weighted by Gasteiger charge is 2.27. The van der Waals surface area contributed by atoms with Gasteiger partial charge in [-0.25, -0.2) is 9.79 Å². The summed E-state index contributed by atoms with van der Waals surface area (Å²) in [4.78, 5) is 28.0. The van der Waals surface area contributed by atoms with E-state index < -0.39 is 5.97 Å². The van der Waals surface area contributed by atoms with Crippen molar-refractivity contribution in [2.24, 2.45) is 4.99 Å². The molecule has 4 nitrogen and oxygen atoms in total. The van der Waals surface area contributed by atoms with E-state index in [1.54, 1.807) is 0 Å². The van der Waals surface area contributed by atoms with Gasteiger partial charge in [0.25, 0.3) is 0 Å². The molecule has 1 heterocycles. The molecule has 0 aliphatic carbocycles. The third kappa shape index (κ3) is 3.19. The van der Waals surface area contributed by atoms with Gasteiger partial charge in [0.15, 0.2) is 5.78 Å². The van der Waals surface area contributed by atoms with Crippen LogP contribution in [0.25, 0.3) is 0 Å². The predicted molar refractivity (Wildman–Crippen MR) is 78.4 cm³/mol. The molecule has 0 radical (unpaired) electrons. The second-order valence-corrected chi connectivity index (χ2v) is 5.27. The Morgan fingerprint density at radius 1 is 1.40 bits per heavy atom. The maximum atomic E-state index is 12.0. The Labute approximate surface area is 126 Å². The van der Waals surface area contributed by atoms with Gasteiger partial charge >= 0.3 is 5.97 Å². The van der Waals surface area contributed by atoms with Crippen LogP contribution in [0.3, 0.4) is 0 Å². The third-order valence-corrected chi connectivity index (χ3v) is 3.38. The number of nitrogens with zero attached hydrogens (tertiary/aromatic N) is 1. The van der Waals surface area contributed by atoms with E-state index in [1.165, 1.54) is 12.1 Å². The van der Waals surface area contributed by atoms with Gasteiger partial charge in [0.2, 0.25) is 0 Å². The maximum Gasteiger partial charge on any atom is 0.353 e. The zero-order valence-corrected chi connectivity index (χ0v) is 12.4. The number of benzene rings is 1. The minimum absolute atomic E-state index is 0.0944. The molecule has 0 atom stereocenters. The molecule has 0 bridgehead atoms. The van der Waals surface area contributed by atoms with Crippen LogP contribution in [-0.2, 0) is 9.53 Å².